The number of anilines is 1. The molecule has 5 nitrogen and oxygen atoms in total. The summed E-state index contributed by atoms with van der Waals surface area (Å²) in [5.74, 6) is 0.558. The summed E-state index contributed by atoms with van der Waals surface area (Å²) in [6.45, 7) is 3.84. The van der Waals surface area contributed by atoms with Crippen molar-refractivity contribution in [3.63, 3.8) is 0 Å². The summed E-state index contributed by atoms with van der Waals surface area (Å²) in [6.07, 6.45) is 2.63. The van der Waals surface area contributed by atoms with Gasteiger partial charge in [0.25, 0.3) is 0 Å². The van der Waals surface area contributed by atoms with Crippen LogP contribution in [0.5, 0.6) is 0 Å². The molecule has 0 bridgehead atoms. The van der Waals surface area contributed by atoms with Gasteiger partial charge in [-0.15, -0.1) is 0 Å². The number of hydrogen-bond donors (Lipinski definition) is 2. The van der Waals surface area contributed by atoms with Crippen LogP contribution in [0.1, 0.15) is 18.9 Å². The number of nitrogens with two attached hydrogens (primary N) is 1. The molecule has 0 saturated heterocycles. The van der Waals surface area contributed by atoms with E-state index in [4.69, 9.17) is 5.73 Å². The van der Waals surface area contributed by atoms with Crippen LogP contribution in [0.25, 0.3) is 0 Å². The molecule has 0 aliphatic carbocycles. The third-order valence-corrected chi connectivity index (χ3v) is 2.28. The van der Waals surface area contributed by atoms with Gasteiger partial charge in [-0.1, -0.05) is 6.92 Å². The second-order valence-electron chi connectivity index (χ2n) is 4.11. The summed E-state index contributed by atoms with van der Waals surface area (Å²) in [5, 5.41) is 2.84. The maximum atomic E-state index is 11.5. The number of aromatic nitrogens is 1. The van der Waals surface area contributed by atoms with E-state index in [9.17, 15) is 4.79 Å². The summed E-state index contributed by atoms with van der Waals surface area (Å²) in [6, 6.07) is 3.72. The van der Waals surface area contributed by atoms with Crippen molar-refractivity contribution in [3.05, 3.63) is 23.9 Å². The Kier molecular flexibility index (Phi) is 5.42. The molecular weight excluding hydrogens is 216 g/mol. The molecule has 0 radical (unpaired) electrons. The van der Waals surface area contributed by atoms with E-state index in [-0.39, 0.29) is 5.91 Å². The lowest BCUT2D eigenvalue weighted by Crippen LogP contribution is -2.35. The van der Waals surface area contributed by atoms with E-state index < -0.39 is 0 Å². The Morgan fingerprint density at radius 1 is 1.59 bits per heavy atom. The van der Waals surface area contributed by atoms with Gasteiger partial charge in [-0.2, -0.15) is 0 Å². The molecule has 0 saturated carbocycles. The van der Waals surface area contributed by atoms with Crippen molar-refractivity contribution in [2.45, 2.75) is 19.9 Å². The van der Waals surface area contributed by atoms with Crippen LogP contribution in [0.4, 0.5) is 5.82 Å². The first kappa shape index (κ1) is 13.4. The van der Waals surface area contributed by atoms with E-state index in [2.05, 4.69) is 10.3 Å². The van der Waals surface area contributed by atoms with Crippen LogP contribution in [-0.2, 0) is 11.3 Å². The molecule has 0 aliphatic rings. The third-order valence-electron chi connectivity index (χ3n) is 2.28. The first-order valence-electron chi connectivity index (χ1n) is 5.77. The van der Waals surface area contributed by atoms with Crippen LogP contribution in [0.15, 0.2) is 18.3 Å². The van der Waals surface area contributed by atoms with E-state index in [1.807, 2.05) is 31.0 Å². The molecule has 1 amide bonds. The second-order valence-corrected chi connectivity index (χ2v) is 4.11. The Bertz CT molecular complexity index is 367. The third kappa shape index (κ3) is 5.31. The van der Waals surface area contributed by atoms with Crippen molar-refractivity contribution in [1.82, 2.24) is 15.2 Å². The molecule has 1 rings (SSSR count). The SMILES string of the molecule is CCCNC(=O)CN(C)Cc1ccnc(N)c1. The van der Waals surface area contributed by atoms with Gasteiger partial charge in [0.05, 0.1) is 6.54 Å². The summed E-state index contributed by atoms with van der Waals surface area (Å²) >= 11 is 0. The van der Waals surface area contributed by atoms with Gasteiger partial charge < -0.3 is 11.1 Å². The molecule has 94 valence electrons. The van der Waals surface area contributed by atoms with Crippen molar-refractivity contribution in [3.8, 4) is 0 Å². The average Bonchev–Trinajstić information content (AvgIpc) is 2.26. The maximum Gasteiger partial charge on any atom is 0.234 e. The van der Waals surface area contributed by atoms with Gasteiger partial charge in [-0.05, 0) is 31.2 Å². The zero-order valence-corrected chi connectivity index (χ0v) is 10.4. The van der Waals surface area contributed by atoms with Crippen LogP contribution in [0.2, 0.25) is 0 Å². The maximum absolute atomic E-state index is 11.5. The summed E-state index contributed by atoms with van der Waals surface area (Å²) in [4.78, 5) is 17.4. The summed E-state index contributed by atoms with van der Waals surface area (Å²) in [7, 11) is 1.90. The quantitative estimate of drug-likeness (QED) is 0.759. The van der Waals surface area contributed by atoms with E-state index in [1.54, 1.807) is 6.20 Å². The zero-order valence-electron chi connectivity index (χ0n) is 10.4. The molecule has 0 unspecified atom stereocenters. The van der Waals surface area contributed by atoms with Gasteiger partial charge in [-0.25, -0.2) is 4.98 Å². The van der Waals surface area contributed by atoms with Gasteiger partial charge >= 0.3 is 0 Å². The average molecular weight is 236 g/mol. The highest BCUT2D eigenvalue weighted by atomic mass is 16.2. The molecule has 0 spiro atoms. The summed E-state index contributed by atoms with van der Waals surface area (Å²) < 4.78 is 0. The Hall–Kier alpha value is -1.62. The van der Waals surface area contributed by atoms with Gasteiger partial charge in [0.15, 0.2) is 0 Å². The zero-order chi connectivity index (χ0) is 12.7. The Morgan fingerprint density at radius 3 is 3.00 bits per heavy atom. The molecule has 0 fully saturated rings. The van der Waals surface area contributed by atoms with Crippen molar-refractivity contribution < 1.29 is 4.79 Å². The Balaban J connectivity index is 2.39. The lowest BCUT2D eigenvalue weighted by Gasteiger charge is -2.16. The number of likely N-dealkylation sites (N-methyl/N-ethyl adjacent to an activating group) is 1. The number of nitrogens with one attached hydrogen (secondary N) is 1. The van der Waals surface area contributed by atoms with Gasteiger partial charge in [-0.3, -0.25) is 9.69 Å². The van der Waals surface area contributed by atoms with Gasteiger partial charge in [0, 0.05) is 19.3 Å². The van der Waals surface area contributed by atoms with Crippen molar-refractivity contribution in [1.29, 1.82) is 0 Å². The number of carbonyl (C=O) groups excluding carboxylic acids is 1. The van der Waals surface area contributed by atoms with Gasteiger partial charge in [0.1, 0.15) is 5.82 Å². The number of rotatable bonds is 6. The van der Waals surface area contributed by atoms with E-state index in [0.717, 1.165) is 18.5 Å². The monoisotopic (exact) mass is 236 g/mol. The predicted molar refractivity (Wildman–Crippen MR) is 68.3 cm³/mol. The molecule has 5 heteroatoms. The minimum atomic E-state index is 0.0522. The van der Waals surface area contributed by atoms with Crippen LogP contribution < -0.4 is 11.1 Å². The van der Waals surface area contributed by atoms with E-state index in [0.29, 0.717) is 18.9 Å². The van der Waals surface area contributed by atoms with Crippen LogP contribution in [-0.4, -0.2) is 35.9 Å². The molecular formula is C12H20N4O. The lowest BCUT2D eigenvalue weighted by atomic mass is 10.2. The van der Waals surface area contributed by atoms with Crippen LogP contribution in [0.3, 0.4) is 0 Å². The van der Waals surface area contributed by atoms with Crippen LogP contribution in [0, 0.1) is 0 Å². The molecule has 17 heavy (non-hydrogen) atoms. The number of hydrogen-bond acceptors (Lipinski definition) is 4. The predicted octanol–water partition coefficient (Wildman–Crippen LogP) is 0.622. The smallest absolute Gasteiger partial charge is 0.234 e. The fourth-order valence-corrected chi connectivity index (χ4v) is 1.53. The molecule has 1 aromatic rings. The van der Waals surface area contributed by atoms with Crippen molar-refractivity contribution in [2.24, 2.45) is 0 Å². The fourth-order valence-electron chi connectivity index (χ4n) is 1.53. The minimum Gasteiger partial charge on any atom is -0.384 e. The van der Waals surface area contributed by atoms with E-state index >= 15 is 0 Å². The highest BCUT2D eigenvalue weighted by Crippen LogP contribution is 2.05. The topological polar surface area (TPSA) is 71.2 Å². The molecule has 0 atom stereocenters. The second kappa shape index (κ2) is 6.85. The number of nitrogens with zero attached hydrogens (tertiary/aromatic N) is 2. The largest absolute Gasteiger partial charge is 0.384 e. The Labute approximate surface area is 102 Å². The summed E-state index contributed by atoms with van der Waals surface area (Å²) in [5.41, 5.74) is 6.65. The molecule has 1 heterocycles. The first-order valence-corrected chi connectivity index (χ1v) is 5.77. The van der Waals surface area contributed by atoms with E-state index in [1.165, 1.54) is 0 Å². The number of nitrogen functional groups attached to an aromatic ring is 1. The molecule has 0 aromatic carbocycles. The minimum absolute atomic E-state index is 0.0522. The highest BCUT2D eigenvalue weighted by Gasteiger charge is 2.06. The van der Waals surface area contributed by atoms with Crippen LogP contribution >= 0.6 is 0 Å². The van der Waals surface area contributed by atoms with Crippen molar-refractivity contribution in [2.75, 3.05) is 25.9 Å². The lowest BCUT2D eigenvalue weighted by molar-refractivity contribution is -0.122. The van der Waals surface area contributed by atoms with Crippen molar-refractivity contribution >= 4 is 11.7 Å². The fraction of sp³-hybridized carbons (Fsp3) is 0.500. The first-order chi connectivity index (χ1) is 8.11. The highest BCUT2D eigenvalue weighted by molar-refractivity contribution is 5.77. The molecule has 0 aliphatic heterocycles. The number of carbonyl (C=O) groups is 1. The molecule has 1 aromatic heterocycles. The normalized spacial score (nSPS) is 10.5. The number of pyridine rings is 1. The van der Waals surface area contributed by atoms with Gasteiger partial charge in [0.2, 0.25) is 5.91 Å². The number of amides is 1. The molecule has 3 N–H and O–H groups in total. The standard InChI is InChI=1S/C12H20N4O/c1-3-5-15-12(17)9-16(2)8-10-4-6-14-11(13)7-10/h4,6-7H,3,5,8-9H2,1-2H3,(H2,13,14)(H,15,17). The Morgan fingerprint density at radius 2 is 2.35 bits per heavy atom.